The van der Waals surface area contributed by atoms with E-state index in [1.807, 2.05) is 52.2 Å². The summed E-state index contributed by atoms with van der Waals surface area (Å²) in [6.07, 6.45) is 0. The number of carbonyl (C=O) groups is 1. The van der Waals surface area contributed by atoms with Crippen LogP contribution in [0.15, 0.2) is 24.3 Å². The van der Waals surface area contributed by atoms with Gasteiger partial charge in [0.05, 0.1) is 5.56 Å². The Morgan fingerprint density at radius 1 is 1.24 bits per heavy atom. The van der Waals surface area contributed by atoms with Gasteiger partial charge in [-0.1, -0.05) is 12.1 Å². The summed E-state index contributed by atoms with van der Waals surface area (Å²) < 4.78 is 0. The van der Waals surface area contributed by atoms with Gasteiger partial charge in [-0.3, -0.25) is 4.79 Å². The van der Waals surface area contributed by atoms with E-state index in [0.29, 0.717) is 0 Å². The molecule has 0 heterocycles. The van der Waals surface area contributed by atoms with Gasteiger partial charge in [0.15, 0.2) is 0 Å². The van der Waals surface area contributed by atoms with Crippen molar-refractivity contribution in [3.05, 3.63) is 29.8 Å². The standard InChI is InChI=1S/C14H22N2O/c1-6-15(4)13-10-8-7-9-12(13)14(17)16(5)11(2)3/h7-11H,6H2,1-5H3. The van der Waals surface area contributed by atoms with Crippen LogP contribution in [0.5, 0.6) is 0 Å². The highest BCUT2D eigenvalue weighted by Gasteiger charge is 2.18. The first kappa shape index (κ1) is 13.6. The lowest BCUT2D eigenvalue weighted by Crippen LogP contribution is -2.34. The largest absolute Gasteiger partial charge is 0.374 e. The van der Waals surface area contributed by atoms with Crippen molar-refractivity contribution in [2.75, 3.05) is 25.5 Å². The van der Waals surface area contributed by atoms with Crippen LogP contribution in [0.1, 0.15) is 31.1 Å². The molecule has 94 valence electrons. The molecule has 0 N–H and O–H groups in total. The fraction of sp³-hybridized carbons (Fsp3) is 0.500. The molecule has 0 fully saturated rings. The molecular weight excluding hydrogens is 212 g/mol. The second-order valence-corrected chi connectivity index (χ2v) is 4.54. The van der Waals surface area contributed by atoms with Gasteiger partial charge in [-0.15, -0.1) is 0 Å². The van der Waals surface area contributed by atoms with Crippen molar-refractivity contribution in [1.29, 1.82) is 0 Å². The predicted molar refractivity (Wildman–Crippen MR) is 72.6 cm³/mol. The van der Waals surface area contributed by atoms with Crippen molar-refractivity contribution in [3.8, 4) is 0 Å². The molecule has 0 saturated heterocycles. The maximum atomic E-state index is 12.3. The summed E-state index contributed by atoms with van der Waals surface area (Å²) in [6.45, 7) is 7.00. The van der Waals surface area contributed by atoms with E-state index in [4.69, 9.17) is 0 Å². The average molecular weight is 234 g/mol. The maximum absolute atomic E-state index is 12.3. The second-order valence-electron chi connectivity index (χ2n) is 4.54. The van der Waals surface area contributed by atoms with Crippen LogP contribution in [0.2, 0.25) is 0 Å². The Morgan fingerprint density at radius 2 is 1.82 bits per heavy atom. The van der Waals surface area contributed by atoms with E-state index in [-0.39, 0.29) is 11.9 Å². The molecule has 3 heteroatoms. The van der Waals surface area contributed by atoms with Gasteiger partial charge in [0.25, 0.3) is 5.91 Å². The van der Waals surface area contributed by atoms with Gasteiger partial charge >= 0.3 is 0 Å². The predicted octanol–water partition coefficient (Wildman–Crippen LogP) is 2.62. The molecule has 3 nitrogen and oxygen atoms in total. The first-order valence-electron chi connectivity index (χ1n) is 6.06. The lowest BCUT2D eigenvalue weighted by molar-refractivity contribution is 0.0755. The van der Waals surface area contributed by atoms with Crippen LogP contribution in [-0.2, 0) is 0 Å². The van der Waals surface area contributed by atoms with E-state index in [0.717, 1.165) is 17.8 Å². The summed E-state index contributed by atoms with van der Waals surface area (Å²) >= 11 is 0. The molecular formula is C14H22N2O. The molecule has 0 unspecified atom stereocenters. The second kappa shape index (κ2) is 5.71. The topological polar surface area (TPSA) is 23.6 Å². The number of carbonyl (C=O) groups excluding carboxylic acids is 1. The molecule has 1 aromatic carbocycles. The first-order valence-corrected chi connectivity index (χ1v) is 6.06. The SMILES string of the molecule is CCN(C)c1ccccc1C(=O)N(C)C(C)C. The lowest BCUT2D eigenvalue weighted by atomic mass is 10.1. The number of rotatable bonds is 4. The highest BCUT2D eigenvalue weighted by Crippen LogP contribution is 2.20. The number of nitrogens with zero attached hydrogens (tertiary/aromatic N) is 2. The molecule has 1 rings (SSSR count). The van der Waals surface area contributed by atoms with Crippen molar-refractivity contribution in [1.82, 2.24) is 4.90 Å². The zero-order chi connectivity index (χ0) is 13.0. The molecule has 0 bridgehead atoms. The van der Waals surface area contributed by atoms with Gasteiger partial charge in [-0.05, 0) is 32.9 Å². The van der Waals surface area contributed by atoms with Crippen LogP contribution in [0.4, 0.5) is 5.69 Å². The van der Waals surface area contributed by atoms with Crippen LogP contribution in [0.3, 0.4) is 0 Å². The first-order chi connectivity index (χ1) is 7.99. The molecule has 0 aliphatic heterocycles. The Labute approximate surface area is 104 Å². The van der Waals surface area contributed by atoms with Crippen molar-refractivity contribution < 1.29 is 4.79 Å². The van der Waals surface area contributed by atoms with Crippen LogP contribution < -0.4 is 4.90 Å². The van der Waals surface area contributed by atoms with Gasteiger partial charge in [0, 0.05) is 32.4 Å². The number of amides is 1. The summed E-state index contributed by atoms with van der Waals surface area (Å²) in [5.74, 6) is 0.0795. The summed E-state index contributed by atoms with van der Waals surface area (Å²) in [5, 5.41) is 0. The van der Waals surface area contributed by atoms with Gasteiger partial charge < -0.3 is 9.80 Å². The van der Waals surface area contributed by atoms with Gasteiger partial charge in [-0.25, -0.2) is 0 Å². The van der Waals surface area contributed by atoms with Gasteiger partial charge in [0.1, 0.15) is 0 Å². The average Bonchev–Trinajstić information content (AvgIpc) is 2.35. The molecule has 0 aliphatic rings. The maximum Gasteiger partial charge on any atom is 0.255 e. The van der Waals surface area contributed by atoms with E-state index < -0.39 is 0 Å². The Bertz CT molecular complexity index is 388. The Morgan fingerprint density at radius 3 is 2.35 bits per heavy atom. The molecule has 0 spiro atoms. The number of hydrogen-bond acceptors (Lipinski definition) is 2. The summed E-state index contributed by atoms with van der Waals surface area (Å²) in [4.78, 5) is 16.2. The minimum Gasteiger partial charge on any atom is -0.374 e. The molecule has 0 radical (unpaired) electrons. The quantitative estimate of drug-likeness (QED) is 0.799. The van der Waals surface area contributed by atoms with Crippen LogP contribution >= 0.6 is 0 Å². The van der Waals surface area contributed by atoms with Crippen LogP contribution in [0, 0.1) is 0 Å². The van der Waals surface area contributed by atoms with E-state index in [9.17, 15) is 4.79 Å². The number of benzene rings is 1. The number of para-hydroxylation sites is 1. The van der Waals surface area contributed by atoms with Gasteiger partial charge in [-0.2, -0.15) is 0 Å². The van der Waals surface area contributed by atoms with Crippen molar-refractivity contribution in [3.63, 3.8) is 0 Å². The van der Waals surface area contributed by atoms with E-state index in [1.165, 1.54) is 0 Å². The fourth-order valence-electron chi connectivity index (χ4n) is 1.58. The van der Waals surface area contributed by atoms with E-state index in [2.05, 4.69) is 11.8 Å². The Kier molecular flexibility index (Phi) is 4.55. The molecule has 0 saturated carbocycles. The normalized spacial score (nSPS) is 10.5. The number of hydrogen-bond donors (Lipinski definition) is 0. The minimum atomic E-state index is 0.0795. The Balaban J connectivity index is 3.09. The fourth-order valence-corrected chi connectivity index (χ4v) is 1.58. The molecule has 17 heavy (non-hydrogen) atoms. The summed E-state index contributed by atoms with van der Waals surface area (Å²) in [7, 11) is 3.84. The highest BCUT2D eigenvalue weighted by atomic mass is 16.2. The molecule has 0 aromatic heterocycles. The monoisotopic (exact) mass is 234 g/mol. The van der Waals surface area contributed by atoms with Crippen molar-refractivity contribution in [2.45, 2.75) is 26.8 Å². The number of anilines is 1. The van der Waals surface area contributed by atoms with Gasteiger partial charge in [0.2, 0.25) is 0 Å². The van der Waals surface area contributed by atoms with Crippen LogP contribution in [0.25, 0.3) is 0 Å². The third-order valence-electron chi connectivity index (χ3n) is 3.11. The third kappa shape index (κ3) is 2.99. The van der Waals surface area contributed by atoms with Crippen LogP contribution in [-0.4, -0.2) is 37.5 Å². The molecule has 1 amide bonds. The minimum absolute atomic E-state index is 0.0795. The summed E-state index contributed by atoms with van der Waals surface area (Å²) in [5.41, 5.74) is 1.76. The summed E-state index contributed by atoms with van der Waals surface area (Å²) in [6, 6.07) is 7.97. The molecule has 0 atom stereocenters. The van der Waals surface area contributed by atoms with Crippen molar-refractivity contribution >= 4 is 11.6 Å². The Hall–Kier alpha value is -1.51. The van der Waals surface area contributed by atoms with Crippen molar-refractivity contribution in [2.24, 2.45) is 0 Å². The smallest absolute Gasteiger partial charge is 0.255 e. The highest BCUT2D eigenvalue weighted by molar-refractivity contribution is 5.99. The molecule has 0 aliphatic carbocycles. The molecule has 1 aromatic rings. The van der Waals surface area contributed by atoms with E-state index in [1.54, 1.807) is 4.90 Å². The lowest BCUT2D eigenvalue weighted by Gasteiger charge is -2.25. The van der Waals surface area contributed by atoms with E-state index >= 15 is 0 Å². The zero-order valence-corrected chi connectivity index (χ0v) is 11.4. The zero-order valence-electron chi connectivity index (χ0n) is 11.4. The third-order valence-corrected chi connectivity index (χ3v) is 3.11.